The molecule has 2 nitrogen and oxygen atoms in total. The van der Waals surface area contributed by atoms with Gasteiger partial charge in [-0.3, -0.25) is 4.79 Å². The van der Waals surface area contributed by atoms with E-state index in [1.807, 2.05) is 0 Å². The number of rotatable bonds is 3. The lowest BCUT2D eigenvalue weighted by Crippen LogP contribution is -2.28. The number of hydrogen-bond acceptors (Lipinski definition) is 1. The Kier molecular flexibility index (Phi) is 4.17. The molecule has 1 atom stereocenters. The van der Waals surface area contributed by atoms with E-state index in [2.05, 4.69) is 0 Å². The molecule has 1 unspecified atom stereocenters. The van der Waals surface area contributed by atoms with Gasteiger partial charge in [-0.15, -0.1) is 11.6 Å². The van der Waals surface area contributed by atoms with Gasteiger partial charge in [0.05, 0.1) is 0 Å². The van der Waals surface area contributed by atoms with Crippen LogP contribution in [-0.4, -0.2) is 29.8 Å². The van der Waals surface area contributed by atoms with Gasteiger partial charge < -0.3 is 4.90 Å². The molecule has 0 spiro atoms. The molecular weight excluding hydrogens is 260 g/mol. The summed E-state index contributed by atoms with van der Waals surface area (Å²) in [5.74, 6) is -0.804. The lowest BCUT2D eigenvalue weighted by atomic mass is 10.1. The fourth-order valence-corrected chi connectivity index (χ4v) is 2.58. The fraction of sp³-hybridized carbons (Fsp3) is 0.462. The first-order valence-electron chi connectivity index (χ1n) is 5.91. The summed E-state index contributed by atoms with van der Waals surface area (Å²) >= 11 is 5.66. The molecule has 0 aromatic heterocycles. The summed E-state index contributed by atoms with van der Waals surface area (Å²) in [5.41, 5.74) is 0.0685. The van der Waals surface area contributed by atoms with Gasteiger partial charge >= 0.3 is 0 Å². The van der Waals surface area contributed by atoms with E-state index in [0.29, 0.717) is 24.9 Å². The number of alkyl halides is 1. The summed E-state index contributed by atoms with van der Waals surface area (Å²) in [4.78, 5) is 13.7. The van der Waals surface area contributed by atoms with Crippen molar-refractivity contribution in [2.75, 3.05) is 19.0 Å². The molecule has 1 amide bonds. The summed E-state index contributed by atoms with van der Waals surface area (Å²) in [6.07, 6.45) is 1.76. The predicted molar refractivity (Wildman–Crippen MR) is 65.7 cm³/mol. The standard InChI is InChI=1S/C13H14ClF2NO/c14-3-1-9-2-4-17(8-9)13(18)10-5-11(15)7-12(16)6-10/h5-7,9H,1-4,8H2. The lowest BCUT2D eigenvalue weighted by Gasteiger charge is -2.16. The maximum Gasteiger partial charge on any atom is 0.254 e. The first-order chi connectivity index (χ1) is 8.60. The molecule has 1 heterocycles. The summed E-state index contributed by atoms with van der Waals surface area (Å²) in [6, 6.07) is 2.90. The highest BCUT2D eigenvalue weighted by Crippen LogP contribution is 2.22. The minimum absolute atomic E-state index is 0.0685. The van der Waals surface area contributed by atoms with Gasteiger partial charge in [-0.25, -0.2) is 8.78 Å². The number of hydrogen-bond donors (Lipinski definition) is 0. The highest BCUT2D eigenvalue weighted by Gasteiger charge is 2.26. The Morgan fingerprint density at radius 2 is 2.00 bits per heavy atom. The first-order valence-corrected chi connectivity index (χ1v) is 6.45. The van der Waals surface area contributed by atoms with E-state index in [1.54, 1.807) is 4.90 Å². The largest absolute Gasteiger partial charge is 0.338 e. The molecule has 1 fully saturated rings. The third kappa shape index (κ3) is 2.99. The number of carbonyl (C=O) groups is 1. The fourth-order valence-electron chi connectivity index (χ4n) is 2.27. The molecule has 1 aliphatic heterocycles. The van der Waals surface area contributed by atoms with Crippen LogP contribution in [0.15, 0.2) is 18.2 Å². The molecule has 98 valence electrons. The normalized spacial score (nSPS) is 19.3. The molecule has 1 aliphatic rings. The van der Waals surface area contributed by atoms with E-state index in [-0.39, 0.29) is 11.5 Å². The van der Waals surface area contributed by atoms with Gasteiger partial charge in [0.25, 0.3) is 5.91 Å². The molecule has 18 heavy (non-hydrogen) atoms. The molecule has 0 N–H and O–H groups in total. The average molecular weight is 274 g/mol. The van der Waals surface area contributed by atoms with Crippen molar-refractivity contribution < 1.29 is 13.6 Å². The molecule has 0 saturated carbocycles. The van der Waals surface area contributed by atoms with Gasteiger partial charge in [0.1, 0.15) is 11.6 Å². The van der Waals surface area contributed by atoms with Crippen molar-refractivity contribution in [2.45, 2.75) is 12.8 Å². The van der Waals surface area contributed by atoms with Crippen molar-refractivity contribution >= 4 is 17.5 Å². The molecule has 0 bridgehead atoms. The van der Waals surface area contributed by atoms with Crippen LogP contribution in [0.3, 0.4) is 0 Å². The maximum absolute atomic E-state index is 13.0. The molecule has 1 aromatic rings. The SMILES string of the molecule is O=C(c1cc(F)cc(F)c1)N1CCC(CCCl)C1. The number of amides is 1. The average Bonchev–Trinajstić information content (AvgIpc) is 2.76. The smallest absolute Gasteiger partial charge is 0.254 e. The van der Waals surface area contributed by atoms with Crippen LogP contribution < -0.4 is 0 Å². The molecule has 2 rings (SSSR count). The summed E-state index contributed by atoms with van der Waals surface area (Å²) in [5, 5.41) is 0. The van der Waals surface area contributed by atoms with Crippen molar-refractivity contribution in [3.05, 3.63) is 35.4 Å². The van der Waals surface area contributed by atoms with Crippen LogP contribution in [0, 0.1) is 17.6 Å². The van der Waals surface area contributed by atoms with Crippen molar-refractivity contribution in [1.29, 1.82) is 0 Å². The van der Waals surface area contributed by atoms with Gasteiger partial charge in [0.15, 0.2) is 0 Å². The van der Waals surface area contributed by atoms with Crippen LogP contribution in [0.1, 0.15) is 23.2 Å². The topological polar surface area (TPSA) is 20.3 Å². The zero-order chi connectivity index (χ0) is 13.1. The second-order valence-electron chi connectivity index (χ2n) is 4.54. The Bertz CT molecular complexity index is 432. The Morgan fingerprint density at radius 1 is 1.33 bits per heavy atom. The molecule has 5 heteroatoms. The zero-order valence-corrected chi connectivity index (χ0v) is 10.6. The van der Waals surface area contributed by atoms with Crippen LogP contribution in [0.4, 0.5) is 8.78 Å². The van der Waals surface area contributed by atoms with E-state index >= 15 is 0 Å². The van der Waals surface area contributed by atoms with Gasteiger partial charge in [-0.1, -0.05) is 0 Å². The van der Waals surface area contributed by atoms with E-state index in [9.17, 15) is 13.6 Å². The Morgan fingerprint density at radius 3 is 2.61 bits per heavy atom. The minimum atomic E-state index is -0.727. The number of halogens is 3. The van der Waals surface area contributed by atoms with Crippen molar-refractivity contribution in [3.8, 4) is 0 Å². The number of carbonyl (C=O) groups excluding carboxylic acids is 1. The second-order valence-corrected chi connectivity index (χ2v) is 4.92. The van der Waals surface area contributed by atoms with Crippen LogP contribution in [0.2, 0.25) is 0 Å². The Balaban J connectivity index is 2.08. The molecule has 0 aliphatic carbocycles. The Labute approximate surface area is 110 Å². The van der Waals surface area contributed by atoms with Crippen molar-refractivity contribution in [2.24, 2.45) is 5.92 Å². The number of nitrogens with zero attached hydrogens (tertiary/aromatic N) is 1. The van der Waals surface area contributed by atoms with Crippen molar-refractivity contribution in [3.63, 3.8) is 0 Å². The summed E-state index contributed by atoms with van der Waals surface area (Å²) < 4.78 is 26.1. The predicted octanol–water partition coefficient (Wildman–Crippen LogP) is 3.06. The monoisotopic (exact) mass is 273 g/mol. The summed E-state index contributed by atoms with van der Waals surface area (Å²) in [7, 11) is 0. The van der Waals surface area contributed by atoms with Crippen LogP contribution >= 0.6 is 11.6 Å². The van der Waals surface area contributed by atoms with Gasteiger partial charge in [0.2, 0.25) is 0 Å². The first kappa shape index (κ1) is 13.3. The van der Waals surface area contributed by atoms with E-state index in [4.69, 9.17) is 11.6 Å². The number of likely N-dealkylation sites (tertiary alicyclic amines) is 1. The minimum Gasteiger partial charge on any atom is -0.338 e. The lowest BCUT2D eigenvalue weighted by molar-refractivity contribution is 0.0786. The molecule has 0 radical (unpaired) electrons. The quantitative estimate of drug-likeness (QED) is 0.775. The maximum atomic E-state index is 13.0. The van der Waals surface area contributed by atoms with Crippen LogP contribution in [0.5, 0.6) is 0 Å². The third-order valence-electron chi connectivity index (χ3n) is 3.20. The van der Waals surface area contributed by atoms with E-state index < -0.39 is 11.6 Å². The van der Waals surface area contributed by atoms with Crippen molar-refractivity contribution in [1.82, 2.24) is 4.90 Å². The van der Waals surface area contributed by atoms with Crippen LogP contribution in [-0.2, 0) is 0 Å². The van der Waals surface area contributed by atoms with Gasteiger partial charge in [-0.2, -0.15) is 0 Å². The van der Waals surface area contributed by atoms with Gasteiger partial charge in [0, 0.05) is 30.6 Å². The zero-order valence-electron chi connectivity index (χ0n) is 9.83. The Hall–Kier alpha value is -1.16. The number of benzene rings is 1. The molecular formula is C13H14ClF2NO. The van der Waals surface area contributed by atoms with Gasteiger partial charge in [-0.05, 0) is 30.9 Å². The third-order valence-corrected chi connectivity index (χ3v) is 3.42. The molecule has 1 saturated heterocycles. The highest BCUT2D eigenvalue weighted by molar-refractivity contribution is 6.17. The van der Waals surface area contributed by atoms with E-state index in [0.717, 1.165) is 31.0 Å². The van der Waals surface area contributed by atoms with Crippen LogP contribution in [0.25, 0.3) is 0 Å². The molecule has 1 aromatic carbocycles. The summed E-state index contributed by atoms with van der Waals surface area (Å²) in [6.45, 7) is 1.24. The second kappa shape index (κ2) is 5.65. The highest BCUT2D eigenvalue weighted by atomic mass is 35.5. The van der Waals surface area contributed by atoms with E-state index in [1.165, 1.54) is 0 Å².